The Morgan fingerprint density at radius 3 is 2.00 bits per heavy atom. The minimum atomic E-state index is -1.90. The van der Waals surface area contributed by atoms with Gasteiger partial charge in [0.15, 0.2) is 8.32 Å². The van der Waals surface area contributed by atoms with Crippen molar-refractivity contribution in [2.45, 2.75) is 65.3 Å². The van der Waals surface area contributed by atoms with Gasteiger partial charge in [-0.15, -0.1) is 0 Å². The lowest BCUT2D eigenvalue weighted by atomic mass is 10.1. The molecule has 0 spiro atoms. The molecule has 0 aromatic rings. The first kappa shape index (κ1) is 16.1. The summed E-state index contributed by atoms with van der Waals surface area (Å²) in [6, 6.07) is 0. The lowest BCUT2D eigenvalue weighted by molar-refractivity contribution is -0.119. The van der Waals surface area contributed by atoms with Gasteiger partial charge in [0.2, 0.25) is 5.24 Å². The fourth-order valence-electron chi connectivity index (χ4n) is 1.15. The molecule has 0 aliphatic heterocycles. The summed E-state index contributed by atoms with van der Waals surface area (Å²) < 4.78 is 6.03. The van der Waals surface area contributed by atoms with Gasteiger partial charge >= 0.3 is 0 Å². The number of hydrogen-bond acceptors (Lipinski definition) is 2. The van der Waals surface area contributed by atoms with Crippen LogP contribution in [0.5, 0.6) is 0 Å². The van der Waals surface area contributed by atoms with Gasteiger partial charge in [-0.2, -0.15) is 0 Å². The first-order valence-electron chi connectivity index (χ1n) is 5.84. The van der Waals surface area contributed by atoms with E-state index in [-0.39, 0.29) is 10.3 Å². The topological polar surface area (TPSA) is 26.3 Å². The van der Waals surface area contributed by atoms with Crippen molar-refractivity contribution in [3.05, 3.63) is 0 Å². The molecule has 1 atom stereocenters. The van der Waals surface area contributed by atoms with Crippen LogP contribution in [-0.4, -0.2) is 19.7 Å². The summed E-state index contributed by atoms with van der Waals surface area (Å²) in [6.45, 7) is 14.9. The first-order chi connectivity index (χ1) is 6.97. The molecular weight excluding hydrogens is 240 g/mol. The molecule has 0 bridgehead atoms. The smallest absolute Gasteiger partial charge is 0.249 e. The number of hydrogen-bond donors (Lipinski definition) is 0. The van der Waals surface area contributed by atoms with Gasteiger partial charge in [-0.05, 0) is 42.1 Å². The van der Waals surface area contributed by atoms with Gasteiger partial charge in [0.1, 0.15) is 6.10 Å². The second-order valence-corrected chi connectivity index (χ2v) is 11.4. The molecule has 4 heteroatoms. The monoisotopic (exact) mass is 264 g/mol. The van der Waals surface area contributed by atoms with Crippen LogP contribution >= 0.6 is 11.6 Å². The lowest BCUT2D eigenvalue weighted by Gasteiger charge is -2.38. The Balaban J connectivity index is 4.69. The van der Waals surface area contributed by atoms with Gasteiger partial charge in [-0.25, -0.2) is 0 Å². The molecule has 0 aliphatic carbocycles. The molecule has 0 aliphatic rings. The molecule has 0 heterocycles. The van der Waals surface area contributed by atoms with Gasteiger partial charge in [0.05, 0.1) is 0 Å². The van der Waals surface area contributed by atoms with Gasteiger partial charge in [0, 0.05) is 0 Å². The van der Waals surface area contributed by atoms with E-state index in [9.17, 15) is 4.79 Å². The van der Waals surface area contributed by atoms with Crippen molar-refractivity contribution in [3.63, 3.8) is 0 Å². The Labute approximate surface area is 106 Å². The van der Waals surface area contributed by atoms with Gasteiger partial charge in [-0.1, -0.05) is 34.6 Å². The van der Waals surface area contributed by atoms with E-state index in [1.165, 1.54) is 0 Å². The number of halogens is 1. The van der Waals surface area contributed by atoms with Crippen molar-refractivity contribution in [1.82, 2.24) is 0 Å². The van der Waals surface area contributed by atoms with Crippen molar-refractivity contribution in [1.29, 1.82) is 0 Å². The number of carbonyl (C=O) groups is 1. The van der Waals surface area contributed by atoms with E-state index in [1.54, 1.807) is 0 Å². The largest absolute Gasteiger partial charge is 0.406 e. The van der Waals surface area contributed by atoms with Crippen LogP contribution in [0.15, 0.2) is 0 Å². The van der Waals surface area contributed by atoms with E-state index in [0.29, 0.717) is 12.3 Å². The van der Waals surface area contributed by atoms with Crippen LogP contribution < -0.4 is 0 Å². The minimum absolute atomic E-state index is 0.106. The summed E-state index contributed by atoms with van der Waals surface area (Å²) in [4.78, 5) is 11.3. The Morgan fingerprint density at radius 1 is 1.31 bits per heavy atom. The standard InChI is InChI=1S/C12H25ClO2Si/c1-9(2)8-10(11(13)14)15-16(6,7)12(3,4)5/h9-10H,8H2,1-7H3/t10-/m0/s1. The highest BCUT2D eigenvalue weighted by Gasteiger charge is 2.40. The Hall–Kier alpha value is 0.137. The summed E-state index contributed by atoms with van der Waals surface area (Å²) in [6.07, 6.45) is 0.261. The fourth-order valence-corrected chi connectivity index (χ4v) is 2.62. The van der Waals surface area contributed by atoms with Gasteiger partial charge in [-0.3, -0.25) is 4.79 Å². The van der Waals surface area contributed by atoms with E-state index >= 15 is 0 Å². The van der Waals surface area contributed by atoms with Crippen LogP contribution in [0.25, 0.3) is 0 Å². The third kappa shape index (κ3) is 4.98. The van der Waals surface area contributed by atoms with Crippen molar-refractivity contribution >= 4 is 25.2 Å². The van der Waals surface area contributed by atoms with Crippen LogP contribution in [0, 0.1) is 5.92 Å². The Bertz CT molecular complexity index is 244. The predicted molar refractivity (Wildman–Crippen MR) is 72.4 cm³/mol. The van der Waals surface area contributed by atoms with E-state index in [2.05, 4.69) is 47.7 Å². The molecule has 2 nitrogen and oxygen atoms in total. The van der Waals surface area contributed by atoms with Crippen LogP contribution in [-0.2, 0) is 9.22 Å². The molecule has 0 aromatic carbocycles. The summed E-state index contributed by atoms with van der Waals surface area (Å²) in [7, 11) is -1.90. The maximum absolute atomic E-state index is 11.3. The second-order valence-electron chi connectivity index (χ2n) is 6.30. The Morgan fingerprint density at radius 2 is 1.75 bits per heavy atom. The van der Waals surface area contributed by atoms with E-state index in [1.807, 2.05) is 0 Å². The molecule has 16 heavy (non-hydrogen) atoms. The summed E-state index contributed by atoms with van der Waals surface area (Å²) in [5.74, 6) is 0.414. The second kappa shape index (κ2) is 5.65. The zero-order valence-corrected chi connectivity index (χ0v) is 13.3. The fraction of sp³-hybridized carbons (Fsp3) is 0.917. The maximum atomic E-state index is 11.3. The first-order valence-corrected chi connectivity index (χ1v) is 9.13. The highest BCUT2D eigenvalue weighted by atomic mass is 35.5. The van der Waals surface area contributed by atoms with E-state index < -0.39 is 14.4 Å². The van der Waals surface area contributed by atoms with E-state index in [4.69, 9.17) is 16.0 Å². The van der Waals surface area contributed by atoms with E-state index in [0.717, 1.165) is 0 Å². The van der Waals surface area contributed by atoms with Crippen LogP contribution in [0.2, 0.25) is 18.1 Å². The zero-order valence-electron chi connectivity index (χ0n) is 11.6. The van der Waals surface area contributed by atoms with Gasteiger partial charge in [0.25, 0.3) is 0 Å². The van der Waals surface area contributed by atoms with Crippen molar-refractivity contribution in [2.24, 2.45) is 5.92 Å². The third-order valence-electron chi connectivity index (χ3n) is 3.18. The molecule has 0 saturated heterocycles. The van der Waals surface area contributed by atoms with Crippen molar-refractivity contribution < 1.29 is 9.22 Å². The Kier molecular flexibility index (Phi) is 5.70. The molecular formula is C12H25ClO2Si. The van der Waals surface area contributed by atoms with Gasteiger partial charge < -0.3 is 4.43 Å². The molecule has 0 rings (SSSR count). The molecule has 0 radical (unpaired) electrons. The van der Waals surface area contributed by atoms with Crippen molar-refractivity contribution in [3.8, 4) is 0 Å². The highest BCUT2D eigenvalue weighted by Crippen LogP contribution is 2.38. The quantitative estimate of drug-likeness (QED) is 0.550. The van der Waals surface area contributed by atoms with Crippen molar-refractivity contribution in [2.75, 3.05) is 0 Å². The molecule has 0 aromatic heterocycles. The van der Waals surface area contributed by atoms with Crippen LogP contribution in [0.1, 0.15) is 41.0 Å². The number of carbonyl (C=O) groups excluding carboxylic acids is 1. The molecule has 0 amide bonds. The lowest BCUT2D eigenvalue weighted by Crippen LogP contribution is -2.45. The maximum Gasteiger partial charge on any atom is 0.249 e. The molecule has 0 unspecified atom stereocenters. The summed E-state index contributed by atoms with van der Waals surface area (Å²) in [5.41, 5.74) is 0. The molecule has 0 fully saturated rings. The average molecular weight is 265 g/mol. The zero-order chi connectivity index (χ0) is 13.1. The van der Waals surface area contributed by atoms with Crippen LogP contribution in [0.3, 0.4) is 0 Å². The highest BCUT2D eigenvalue weighted by molar-refractivity contribution is 6.75. The molecule has 0 N–H and O–H groups in total. The third-order valence-corrected chi connectivity index (χ3v) is 7.91. The number of rotatable bonds is 5. The molecule has 96 valence electrons. The SMILES string of the molecule is CC(C)C[C@H](O[Si](C)(C)C(C)(C)C)C(=O)Cl. The summed E-state index contributed by atoms with van der Waals surface area (Å²) in [5, 5.41) is -0.257. The normalized spacial score (nSPS) is 15.3. The predicted octanol–water partition coefficient (Wildman–Crippen LogP) is 4.19. The molecule has 0 saturated carbocycles. The van der Waals surface area contributed by atoms with Crippen LogP contribution in [0.4, 0.5) is 0 Å². The summed E-state index contributed by atoms with van der Waals surface area (Å²) >= 11 is 5.60. The minimum Gasteiger partial charge on any atom is -0.406 e. The average Bonchev–Trinajstić information content (AvgIpc) is 1.98.